The van der Waals surface area contributed by atoms with E-state index in [1.807, 2.05) is 19.1 Å². The fourth-order valence-corrected chi connectivity index (χ4v) is 3.95. The number of nitrogens with zero attached hydrogens (tertiary/aromatic N) is 2. The number of phenols is 1. The molecule has 2 aromatic carbocycles. The monoisotopic (exact) mass is 361 g/mol. The Labute approximate surface area is 156 Å². The van der Waals surface area contributed by atoms with E-state index in [-0.39, 0.29) is 5.75 Å². The number of thiophene rings is 1. The molecule has 0 aliphatic heterocycles. The van der Waals surface area contributed by atoms with E-state index in [4.69, 9.17) is 0 Å². The number of fused-ring (bicyclic) bond motifs is 1. The molecule has 0 unspecified atom stereocenters. The zero-order valence-electron chi connectivity index (χ0n) is 14.7. The summed E-state index contributed by atoms with van der Waals surface area (Å²) in [6.07, 6.45) is 1.03. The molecule has 2 heterocycles. The molecule has 2 N–H and O–H groups in total. The summed E-state index contributed by atoms with van der Waals surface area (Å²) >= 11 is 1.63. The summed E-state index contributed by atoms with van der Waals surface area (Å²) in [5.74, 6) is 1.76. The van der Waals surface area contributed by atoms with E-state index in [0.717, 1.165) is 45.1 Å². The average molecular weight is 361 g/mol. The standard InChI is InChI=1S/C21H19N3OS/c1-3-14-4-6-15(7-5-14)18-12-26-21-19(18)20(22-13(2)23-21)24-16-8-10-17(25)11-9-16/h4-12,25H,3H2,1-2H3,(H,22,23,24). The van der Waals surface area contributed by atoms with Crippen LogP contribution in [0.4, 0.5) is 11.5 Å². The van der Waals surface area contributed by atoms with Crippen LogP contribution in [0.1, 0.15) is 18.3 Å². The second kappa shape index (κ2) is 6.77. The third-order valence-electron chi connectivity index (χ3n) is 4.35. The van der Waals surface area contributed by atoms with Gasteiger partial charge in [-0.3, -0.25) is 0 Å². The van der Waals surface area contributed by atoms with Gasteiger partial charge in [-0.1, -0.05) is 31.2 Å². The van der Waals surface area contributed by atoms with Crippen LogP contribution >= 0.6 is 11.3 Å². The van der Waals surface area contributed by atoms with Gasteiger partial charge >= 0.3 is 0 Å². The minimum absolute atomic E-state index is 0.242. The van der Waals surface area contributed by atoms with Gasteiger partial charge in [0.25, 0.3) is 0 Å². The van der Waals surface area contributed by atoms with Gasteiger partial charge in [0.05, 0.1) is 5.39 Å². The number of hydrogen-bond acceptors (Lipinski definition) is 5. The zero-order chi connectivity index (χ0) is 18.1. The van der Waals surface area contributed by atoms with Crippen LogP contribution in [0, 0.1) is 6.92 Å². The minimum atomic E-state index is 0.242. The third-order valence-corrected chi connectivity index (χ3v) is 5.22. The molecular formula is C21H19N3OS. The van der Waals surface area contributed by atoms with Gasteiger partial charge in [0.15, 0.2) is 0 Å². The molecule has 0 aliphatic rings. The van der Waals surface area contributed by atoms with Crippen molar-refractivity contribution in [3.8, 4) is 16.9 Å². The van der Waals surface area contributed by atoms with Gasteiger partial charge in [-0.2, -0.15) is 0 Å². The van der Waals surface area contributed by atoms with E-state index < -0.39 is 0 Å². The Morgan fingerprint density at radius 1 is 1.00 bits per heavy atom. The van der Waals surface area contributed by atoms with Gasteiger partial charge in [0, 0.05) is 16.6 Å². The van der Waals surface area contributed by atoms with Gasteiger partial charge in [-0.25, -0.2) is 9.97 Å². The second-order valence-electron chi connectivity index (χ2n) is 6.17. The Morgan fingerprint density at radius 2 is 1.73 bits per heavy atom. The largest absolute Gasteiger partial charge is 0.508 e. The van der Waals surface area contributed by atoms with Crippen molar-refractivity contribution in [3.05, 3.63) is 65.3 Å². The molecule has 26 heavy (non-hydrogen) atoms. The molecule has 0 aliphatic carbocycles. The molecule has 5 heteroatoms. The van der Waals surface area contributed by atoms with Crippen LogP contribution < -0.4 is 5.32 Å². The van der Waals surface area contributed by atoms with Crippen molar-refractivity contribution in [2.75, 3.05) is 5.32 Å². The highest BCUT2D eigenvalue weighted by atomic mass is 32.1. The average Bonchev–Trinajstić information content (AvgIpc) is 3.07. The molecule has 2 aromatic heterocycles. The summed E-state index contributed by atoms with van der Waals surface area (Å²) < 4.78 is 0. The Kier molecular flexibility index (Phi) is 4.31. The van der Waals surface area contributed by atoms with Crippen molar-refractivity contribution in [2.24, 2.45) is 0 Å². The molecular weight excluding hydrogens is 342 g/mol. The maximum absolute atomic E-state index is 9.49. The fourth-order valence-electron chi connectivity index (χ4n) is 2.95. The van der Waals surface area contributed by atoms with Crippen molar-refractivity contribution in [1.29, 1.82) is 0 Å². The number of nitrogens with one attached hydrogen (secondary N) is 1. The van der Waals surface area contributed by atoms with E-state index >= 15 is 0 Å². The SMILES string of the molecule is CCc1ccc(-c2csc3nc(C)nc(Nc4ccc(O)cc4)c23)cc1. The van der Waals surface area contributed by atoms with Gasteiger partial charge < -0.3 is 10.4 Å². The lowest BCUT2D eigenvalue weighted by atomic mass is 10.0. The molecule has 0 saturated heterocycles. The number of aromatic hydroxyl groups is 1. The summed E-state index contributed by atoms with van der Waals surface area (Å²) in [6.45, 7) is 4.06. The highest BCUT2D eigenvalue weighted by Gasteiger charge is 2.14. The highest BCUT2D eigenvalue weighted by Crippen LogP contribution is 2.38. The Hall–Kier alpha value is -2.92. The molecule has 4 aromatic rings. The van der Waals surface area contributed by atoms with Crippen LogP contribution in [0.25, 0.3) is 21.3 Å². The molecule has 0 atom stereocenters. The molecule has 0 fully saturated rings. The topological polar surface area (TPSA) is 58.0 Å². The predicted molar refractivity (Wildman–Crippen MR) is 108 cm³/mol. The number of benzene rings is 2. The van der Waals surface area contributed by atoms with Gasteiger partial charge in [-0.05, 0) is 48.7 Å². The van der Waals surface area contributed by atoms with Crippen LogP contribution in [-0.2, 0) is 6.42 Å². The van der Waals surface area contributed by atoms with E-state index in [2.05, 4.69) is 51.9 Å². The predicted octanol–water partition coefficient (Wildman–Crippen LogP) is 5.68. The molecule has 0 amide bonds. The summed E-state index contributed by atoms with van der Waals surface area (Å²) in [7, 11) is 0. The van der Waals surface area contributed by atoms with Crippen LogP contribution in [0.3, 0.4) is 0 Å². The molecule has 4 rings (SSSR count). The number of aromatic nitrogens is 2. The number of anilines is 2. The first-order valence-electron chi connectivity index (χ1n) is 8.55. The lowest BCUT2D eigenvalue weighted by molar-refractivity contribution is 0.475. The van der Waals surface area contributed by atoms with E-state index in [1.165, 1.54) is 5.56 Å². The van der Waals surface area contributed by atoms with Gasteiger partial charge in [0.1, 0.15) is 22.2 Å². The number of rotatable bonds is 4. The minimum Gasteiger partial charge on any atom is -0.508 e. The van der Waals surface area contributed by atoms with Crippen molar-refractivity contribution >= 4 is 33.1 Å². The Balaban J connectivity index is 1.83. The quantitative estimate of drug-likeness (QED) is 0.459. The molecule has 4 nitrogen and oxygen atoms in total. The van der Waals surface area contributed by atoms with Crippen molar-refractivity contribution in [2.45, 2.75) is 20.3 Å². The van der Waals surface area contributed by atoms with E-state index in [0.29, 0.717) is 0 Å². The molecule has 0 bridgehead atoms. The van der Waals surface area contributed by atoms with Crippen LogP contribution in [0.15, 0.2) is 53.9 Å². The molecule has 0 radical (unpaired) electrons. The Bertz CT molecular complexity index is 1050. The maximum atomic E-state index is 9.49. The smallest absolute Gasteiger partial charge is 0.143 e. The van der Waals surface area contributed by atoms with Crippen molar-refractivity contribution in [1.82, 2.24) is 9.97 Å². The molecule has 0 spiro atoms. The highest BCUT2D eigenvalue weighted by molar-refractivity contribution is 7.17. The first-order valence-corrected chi connectivity index (χ1v) is 9.43. The van der Waals surface area contributed by atoms with Crippen LogP contribution in [-0.4, -0.2) is 15.1 Å². The third kappa shape index (κ3) is 3.13. The fraction of sp³-hybridized carbons (Fsp3) is 0.143. The summed E-state index contributed by atoms with van der Waals surface area (Å²) in [5, 5.41) is 16.0. The van der Waals surface area contributed by atoms with Crippen LogP contribution in [0.5, 0.6) is 5.75 Å². The normalized spacial score (nSPS) is 11.0. The lowest BCUT2D eigenvalue weighted by Gasteiger charge is -2.10. The second-order valence-corrected chi connectivity index (χ2v) is 7.03. The van der Waals surface area contributed by atoms with Crippen molar-refractivity contribution < 1.29 is 5.11 Å². The van der Waals surface area contributed by atoms with E-state index in [9.17, 15) is 5.11 Å². The number of phenolic OH excluding ortho intramolecular Hbond substituents is 1. The Morgan fingerprint density at radius 3 is 2.42 bits per heavy atom. The number of aryl methyl sites for hydroxylation is 2. The summed E-state index contributed by atoms with van der Waals surface area (Å²) in [6, 6.07) is 15.6. The van der Waals surface area contributed by atoms with Crippen molar-refractivity contribution in [3.63, 3.8) is 0 Å². The molecule has 0 saturated carbocycles. The number of hydrogen-bond donors (Lipinski definition) is 2. The first-order chi connectivity index (χ1) is 12.6. The molecule has 130 valence electrons. The van der Waals surface area contributed by atoms with Gasteiger partial charge in [-0.15, -0.1) is 11.3 Å². The first kappa shape index (κ1) is 16.5. The maximum Gasteiger partial charge on any atom is 0.143 e. The van der Waals surface area contributed by atoms with Gasteiger partial charge in [0.2, 0.25) is 0 Å². The zero-order valence-corrected chi connectivity index (χ0v) is 15.5. The summed E-state index contributed by atoms with van der Waals surface area (Å²) in [4.78, 5) is 10.2. The lowest BCUT2D eigenvalue weighted by Crippen LogP contribution is -1.98. The summed E-state index contributed by atoms with van der Waals surface area (Å²) in [5.41, 5.74) is 4.49. The van der Waals surface area contributed by atoms with Crippen LogP contribution in [0.2, 0.25) is 0 Å². The van der Waals surface area contributed by atoms with E-state index in [1.54, 1.807) is 23.5 Å².